The molecule has 0 saturated heterocycles. The molecule has 0 aliphatic heterocycles. The molecule has 0 heterocycles. The first-order valence-electron chi connectivity index (χ1n) is 4.33. The number of amides is 1. The van der Waals surface area contributed by atoms with Crippen molar-refractivity contribution in [3.05, 3.63) is 35.4 Å². The van der Waals surface area contributed by atoms with Gasteiger partial charge in [0.2, 0.25) is 5.91 Å². The van der Waals surface area contributed by atoms with Gasteiger partial charge in [0.25, 0.3) is 0 Å². The van der Waals surface area contributed by atoms with Crippen molar-refractivity contribution in [2.75, 3.05) is 13.7 Å². The average molecular weight is 215 g/mol. The van der Waals surface area contributed by atoms with Gasteiger partial charge in [-0.05, 0) is 17.7 Å². The molecule has 1 aromatic rings. The number of carbonyl (C=O) groups is 1. The molecule has 0 bridgehead atoms. The number of aliphatic hydroxyl groups excluding tert-OH is 1. The van der Waals surface area contributed by atoms with Crippen LogP contribution < -0.4 is 0 Å². The van der Waals surface area contributed by atoms with Crippen LogP contribution in [0.15, 0.2) is 18.2 Å². The third-order valence-electron chi connectivity index (χ3n) is 1.96. The highest BCUT2D eigenvalue weighted by atomic mass is 19.2. The molecule has 0 saturated carbocycles. The van der Waals surface area contributed by atoms with Crippen LogP contribution in [0.4, 0.5) is 8.78 Å². The fourth-order valence-electron chi connectivity index (χ4n) is 1.12. The normalized spacial score (nSPS) is 10.1. The number of aliphatic hydroxyl groups is 1. The maximum Gasteiger partial charge on any atom is 0.248 e. The van der Waals surface area contributed by atoms with E-state index in [9.17, 15) is 13.6 Å². The first-order chi connectivity index (χ1) is 7.04. The maximum atomic E-state index is 12.8. The summed E-state index contributed by atoms with van der Waals surface area (Å²) in [5.41, 5.74) is 0.471. The van der Waals surface area contributed by atoms with Gasteiger partial charge in [0.1, 0.15) is 6.61 Å². The van der Waals surface area contributed by atoms with Gasteiger partial charge in [0, 0.05) is 13.6 Å². The SMILES string of the molecule is CN(Cc1ccc(F)c(F)c1)C(=O)CO. The van der Waals surface area contributed by atoms with Crippen LogP contribution in [0.2, 0.25) is 0 Å². The smallest absolute Gasteiger partial charge is 0.248 e. The third kappa shape index (κ3) is 2.99. The van der Waals surface area contributed by atoms with E-state index in [0.717, 1.165) is 12.1 Å². The number of nitrogens with zero attached hydrogens (tertiary/aromatic N) is 1. The van der Waals surface area contributed by atoms with Crippen LogP contribution in [0.25, 0.3) is 0 Å². The predicted molar refractivity (Wildman–Crippen MR) is 49.9 cm³/mol. The Bertz CT molecular complexity index is 368. The van der Waals surface area contributed by atoms with E-state index in [1.165, 1.54) is 18.0 Å². The molecule has 0 aliphatic rings. The molecule has 3 nitrogen and oxygen atoms in total. The Morgan fingerprint density at radius 1 is 1.40 bits per heavy atom. The molecule has 82 valence electrons. The van der Waals surface area contributed by atoms with Crippen LogP contribution >= 0.6 is 0 Å². The van der Waals surface area contributed by atoms with Crippen LogP contribution in [-0.4, -0.2) is 29.6 Å². The molecule has 15 heavy (non-hydrogen) atoms. The van der Waals surface area contributed by atoms with Crippen molar-refractivity contribution in [3.8, 4) is 0 Å². The third-order valence-corrected chi connectivity index (χ3v) is 1.96. The summed E-state index contributed by atoms with van der Waals surface area (Å²) in [5, 5.41) is 8.56. The Kier molecular flexibility index (Phi) is 3.74. The standard InChI is InChI=1S/C10H11F2NO2/c1-13(10(15)6-14)5-7-2-3-8(11)9(12)4-7/h2-4,14H,5-6H2,1H3. The van der Waals surface area contributed by atoms with E-state index < -0.39 is 24.1 Å². The summed E-state index contributed by atoms with van der Waals surface area (Å²) in [6.07, 6.45) is 0. The summed E-state index contributed by atoms with van der Waals surface area (Å²) in [6, 6.07) is 3.41. The van der Waals surface area contributed by atoms with E-state index in [2.05, 4.69) is 0 Å². The number of hydrogen-bond donors (Lipinski definition) is 1. The highest BCUT2D eigenvalue weighted by Crippen LogP contribution is 2.10. The number of rotatable bonds is 3. The minimum atomic E-state index is -0.947. The average Bonchev–Trinajstić information content (AvgIpc) is 2.22. The molecular weight excluding hydrogens is 204 g/mol. The maximum absolute atomic E-state index is 12.8. The molecule has 0 spiro atoms. The van der Waals surface area contributed by atoms with Gasteiger partial charge in [-0.2, -0.15) is 0 Å². The first-order valence-corrected chi connectivity index (χ1v) is 4.33. The van der Waals surface area contributed by atoms with Gasteiger partial charge in [-0.3, -0.25) is 4.79 Å². The quantitative estimate of drug-likeness (QED) is 0.814. The van der Waals surface area contributed by atoms with Gasteiger partial charge in [-0.25, -0.2) is 8.78 Å². The number of carbonyl (C=O) groups excluding carboxylic acids is 1. The fourth-order valence-corrected chi connectivity index (χ4v) is 1.12. The molecule has 0 radical (unpaired) electrons. The Morgan fingerprint density at radius 2 is 2.07 bits per heavy atom. The highest BCUT2D eigenvalue weighted by Gasteiger charge is 2.09. The van der Waals surface area contributed by atoms with Crippen LogP contribution in [-0.2, 0) is 11.3 Å². The van der Waals surface area contributed by atoms with Crippen molar-refractivity contribution in [1.29, 1.82) is 0 Å². The Hall–Kier alpha value is -1.49. The zero-order valence-corrected chi connectivity index (χ0v) is 8.20. The molecule has 0 fully saturated rings. The van der Waals surface area contributed by atoms with Gasteiger partial charge in [0.15, 0.2) is 11.6 Å². The van der Waals surface area contributed by atoms with Crippen molar-refractivity contribution < 1.29 is 18.7 Å². The summed E-state index contributed by atoms with van der Waals surface area (Å²) >= 11 is 0. The summed E-state index contributed by atoms with van der Waals surface area (Å²) in [6.45, 7) is -0.462. The van der Waals surface area contributed by atoms with Crippen molar-refractivity contribution in [1.82, 2.24) is 4.90 Å². The van der Waals surface area contributed by atoms with E-state index in [4.69, 9.17) is 5.11 Å². The van der Waals surface area contributed by atoms with E-state index >= 15 is 0 Å². The van der Waals surface area contributed by atoms with Gasteiger partial charge in [-0.1, -0.05) is 6.07 Å². The largest absolute Gasteiger partial charge is 0.387 e. The summed E-state index contributed by atoms with van der Waals surface area (Å²) in [7, 11) is 1.47. The molecule has 0 atom stereocenters. The lowest BCUT2D eigenvalue weighted by molar-refractivity contribution is -0.133. The van der Waals surface area contributed by atoms with E-state index in [-0.39, 0.29) is 6.54 Å². The number of likely N-dealkylation sites (N-methyl/N-ethyl adjacent to an activating group) is 1. The lowest BCUT2D eigenvalue weighted by Crippen LogP contribution is -2.28. The molecule has 0 unspecified atom stereocenters. The first kappa shape index (κ1) is 11.6. The molecule has 5 heteroatoms. The fraction of sp³-hybridized carbons (Fsp3) is 0.300. The molecule has 1 N–H and O–H groups in total. The Morgan fingerprint density at radius 3 is 2.60 bits per heavy atom. The topological polar surface area (TPSA) is 40.5 Å². The summed E-state index contributed by atoms with van der Waals surface area (Å²) in [4.78, 5) is 12.2. The number of benzene rings is 1. The second kappa shape index (κ2) is 4.84. The number of halogens is 2. The Labute approximate surface area is 85.9 Å². The number of hydrogen-bond acceptors (Lipinski definition) is 2. The van der Waals surface area contributed by atoms with Crippen molar-refractivity contribution in [2.45, 2.75) is 6.54 Å². The molecule has 1 rings (SSSR count). The van der Waals surface area contributed by atoms with Crippen molar-refractivity contribution in [3.63, 3.8) is 0 Å². The molecule has 0 aliphatic carbocycles. The minimum absolute atomic E-state index is 0.136. The van der Waals surface area contributed by atoms with Crippen LogP contribution in [0.3, 0.4) is 0 Å². The molecule has 1 amide bonds. The summed E-state index contributed by atoms with van der Waals surface area (Å²) in [5.74, 6) is -2.34. The zero-order chi connectivity index (χ0) is 11.4. The molecule has 0 aromatic heterocycles. The summed E-state index contributed by atoms with van der Waals surface area (Å²) < 4.78 is 25.4. The monoisotopic (exact) mass is 215 g/mol. The van der Waals surface area contributed by atoms with Gasteiger partial charge < -0.3 is 10.0 Å². The van der Waals surface area contributed by atoms with E-state index in [0.29, 0.717) is 5.56 Å². The molecule has 1 aromatic carbocycles. The Balaban J connectivity index is 2.73. The van der Waals surface area contributed by atoms with E-state index in [1.807, 2.05) is 0 Å². The second-order valence-corrected chi connectivity index (χ2v) is 3.16. The lowest BCUT2D eigenvalue weighted by Gasteiger charge is -2.15. The van der Waals surface area contributed by atoms with Gasteiger partial charge in [-0.15, -0.1) is 0 Å². The zero-order valence-electron chi connectivity index (χ0n) is 8.20. The highest BCUT2D eigenvalue weighted by molar-refractivity contribution is 5.76. The lowest BCUT2D eigenvalue weighted by atomic mass is 10.2. The van der Waals surface area contributed by atoms with Crippen molar-refractivity contribution in [2.24, 2.45) is 0 Å². The van der Waals surface area contributed by atoms with Crippen LogP contribution in [0.5, 0.6) is 0 Å². The second-order valence-electron chi connectivity index (χ2n) is 3.16. The van der Waals surface area contributed by atoms with Crippen LogP contribution in [0, 0.1) is 11.6 Å². The van der Waals surface area contributed by atoms with E-state index in [1.54, 1.807) is 0 Å². The van der Waals surface area contributed by atoms with Crippen molar-refractivity contribution >= 4 is 5.91 Å². The van der Waals surface area contributed by atoms with Crippen LogP contribution in [0.1, 0.15) is 5.56 Å². The predicted octanol–water partition coefficient (Wildman–Crippen LogP) is 0.915. The van der Waals surface area contributed by atoms with Gasteiger partial charge >= 0.3 is 0 Å². The minimum Gasteiger partial charge on any atom is -0.387 e. The van der Waals surface area contributed by atoms with Gasteiger partial charge in [0.05, 0.1) is 0 Å². The molecular formula is C10H11F2NO2.